The minimum absolute atomic E-state index is 0.00517. The molecule has 1 rings (SSSR count). The van der Waals surface area contributed by atoms with Crippen LogP contribution in [0.2, 0.25) is 0 Å². The van der Waals surface area contributed by atoms with Crippen molar-refractivity contribution in [1.82, 2.24) is 4.90 Å². The summed E-state index contributed by atoms with van der Waals surface area (Å²) < 4.78 is 11.4. The maximum atomic E-state index is 12.4. The van der Waals surface area contributed by atoms with Crippen LogP contribution in [0.3, 0.4) is 0 Å². The van der Waals surface area contributed by atoms with Crippen molar-refractivity contribution in [3.05, 3.63) is 0 Å². The molecule has 40 heavy (non-hydrogen) atoms. The highest BCUT2D eigenvalue weighted by atomic mass is 16.5. The Morgan fingerprint density at radius 2 is 1.18 bits per heavy atom. The van der Waals surface area contributed by atoms with Crippen LogP contribution in [-0.2, 0) is 19.1 Å². The molecule has 0 saturated heterocycles. The molecule has 0 spiro atoms. The van der Waals surface area contributed by atoms with Gasteiger partial charge in [-0.15, -0.1) is 0 Å². The van der Waals surface area contributed by atoms with Crippen LogP contribution in [0.1, 0.15) is 168 Å². The zero-order chi connectivity index (χ0) is 29.3. The summed E-state index contributed by atoms with van der Waals surface area (Å²) in [5.41, 5.74) is 0. The highest BCUT2D eigenvalue weighted by Gasteiger charge is 2.36. The van der Waals surface area contributed by atoms with E-state index in [0.717, 1.165) is 51.0 Å². The van der Waals surface area contributed by atoms with Crippen LogP contribution in [0.25, 0.3) is 0 Å². The molecule has 3 unspecified atom stereocenters. The first-order chi connectivity index (χ1) is 19.5. The molecule has 0 N–H and O–H groups in total. The number of esters is 2. The van der Waals surface area contributed by atoms with Gasteiger partial charge in [-0.05, 0) is 77.4 Å². The molecule has 0 aromatic rings. The van der Waals surface area contributed by atoms with E-state index >= 15 is 0 Å². The van der Waals surface area contributed by atoms with Gasteiger partial charge in [0.1, 0.15) is 6.10 Å². The standard InChI is InChI=1S/C35H67NO4/c1-5-7-9-10-13-16-19-24-33(40-35(38)27-22-28-36(3)4)25-20-17-14-11-12-15-18-21-26-34(37)39-30-32-29-31(32)23-8-6-2/h31-33H,5-30H2,1-4H3. The number of carbonyl (C=O) groups is 2. The zero-order valence-corrected chi connectivity index (χ0v) is 27.2. The quantitative estimate of drug-likeness (QED) is 0.0667. The molecule has 0 amide bonds. The van der Waals surface area contributed by atoms with E-state index in [0.29, 0.717) is 25.4 Å². The van der Waals surface area contributed by atoms with Gasteiger partial charge in [0.2, 0.25) is 0 Å². The van der Waals surface area contributed by atoms with Crippen molar-refractivity contribution in [2.24, 2.45) is 11.8 Å². The normalized spacial score (nSPS) is 17.2. The fourth-order valence-corrected chi connectivity index (χ4v) is 5.68. The van der Waals surface area contributed by atoms with Gasteiger partial charge >= 0.3 is 11.9 Å². The second kappa shape index (κ2) is 25.6. The molecule has 0 aliphatic heterocycles. The summed E-state index contributed by atoms with van der Waals surface area (Å²) in [6, 6.07) is 0. The number of hydrogen-bond acceptors (Lipinski definition) is 5. The Balaban J connectivity index is 2.05. The molecule has 1 aliphatic rings. The van der Waals surface area contributed by atoms with E-state index < -0.39 is 0 Å². The van der Waals surface area contributed by atoms with Crippen molar-refractivity contribution in [1.29, 1.82) is 0 Å². The summed E-state index contributed by atoms with van der Waals surface area (Å²) in [6.07, 6.45) is 27.8. The average Bonchev–Trinajstić information content (AvgIpc) is 3.69. The van der Waals surface area contributed by atoms with Crippen LogP contribution in [0.15, 0.2) is 0 Å². The highest BCUT2D eigenvalue weighted by molar-refractivity contribution is 5.69. The molecule has 1 fully saturated rings. The fraction of sp³-hybridized carbons (Fsp3) is 0.943. The van der Waals surface area contributed by atoms with Gasteiger partial charge < -0.3 is 14.4 Å². The third-order valence-electron chi connectivity index (χ3n) is 8.53. The van der Waals surface area contributed by atoms with Crippen molar-refractivity contribution in [2.75, 3.05) is 27.2 Å². The van der Waals surface area contributed by atoms with Crippen LogP contribution < -0.4 is 0 Å². The minimum atomic E-state index is -0.0117. The summed E-state index contributed by atoms with van der Waals surface area (Å²) in [6.45, 7) is 6.09. The average molecular weight is 566 g/mol. The van der Waals surface area contributed by atoms with E-state index in [-0.39, 0.29) is 18.0 Å². The Morgan fingerprint density at radius 3 is 1.75 bits per heavy atom. The SMILES string of the molecule is CCCCCCCCCC(CCCCCCCCCCC(=O)OCC1CC1CCCC)OC(=O)CCCN(C)C. The summed E-state index contributed by atoms with van der Waals surface area (Å²) in [5.74, 6) is 1.45. The zero-order valence-electron chi connectivity index (χ0n) is 27.2. The van der Waals surface area contributed by atoms with E-state index in [1.165, 1.54) is 103 Å². The van der Waals surface area contributed by atoms with Gasteiger partial charge in [-0.1, -0.05) is 110 Å². The number of carbonyl (C=O) groups excluding carboxylic acids is 2. The van der Waals surface area contributed by atoms with Crippen molar-refractivity contribution >= 4 is 11.9 Å². The molecule has 0 bridgehead atoms. The summed E-state index contributed by atoms with van der Waals surface area (Å²) >= 11 is 0. The van der Waals surface area contributed by atoms with Crippen LogP contribution in [0, 0.1) is 11.8 Å². The second-order valence-corrected chi connectivity index (χ2v) is 12.9. The molecule has 1 aliphatic carbocycles. The van der Waals surface area contributed by atoms with Gasteiger partial charge in [-0.2, -0.15) is 0 Å². The van der Waals surface area contributed by atoms with Gasteiger partial charge in [-0.25, -0.2) is 0 Å². The summed E-state index contributed by atoms with van der Waals surface area (Å²) in [4.78, 5) is 26.5. The lowest BCUT2D eigenvalue weighted by molar-refractivity contribution is -0.150. The van der Waals surface area contributed by atoms with Crippen LogP contribution in [-0.4, -0.2) is 50.2 Å². The predicted molar refractivity (Wildman–Crippen MR) is 169 cm³/mol. The monoisotopic (exact) mass is 566 g/mol. The molecule has 3 atom stereocenters. The maximum absolute atomic E-state index is 12.4. The van der Waals surface area contributed by atoms with Crippen molar-refractivity contribution in [3.63, 3.8) is 0 Å². The Bertz CT molecular complexity index is 608. The third-order valence-corrected chi connectivity index (χ3v) is 8.53. The van der Waals surface area contributed by atoms with Gasteiger partial charge in [0.05, 0.1) is 6.61 Å². The largest absolute Gasteiger partial charge is 0.465 e. The number of ether oxygens (including phenoxy) is 2. The van der Waals surface area contributed by atoms with E-state index in [4.69, 9.17) is 9.47 Å². The molecule has 236 valence electrons. The van der Waals surface area contributed by atoms with Crippen molar-refractivity contribution < 1.29 is 19.1 Å². The molecule has 0 heterocycles. The Labute approximate surface area is 248 Å². The topological polar surface area (TPSA) is 55.8 Å². The first-order valence-electron chi connectivity index (χ1n) is 17.5. The molecular formula is C35H67NO4. The van der Waals surface area contributed by atoms with E-state index in [1.807, 2.05) is 14.1 Å². The van der Waals surface area contributed by atoms with Gasteiger partial charge in [-0.3, -0.25) is 9.59 Å². The summed E-state index contributed by atoms with van der Waals surface area (Å²) in [5, 5.41) is 0. The number of hydrogen-bond donors (Lipinski definition) is 0. The minimum Gasteiger partial charge on any atom is -0.465 e. The molecule has 1 saturated carbocycles. The Morgan fingerprint density at radius 1 is 0.650 bits per heavy atom. The van der Waals surface area contributed by atoms with E-state index in [2.05, 4.69) is 18.7 Å². The molecule has 5 heteroatoms. The first kappa shape index (κ1) is 36.9. The molecular weight excluding hydrogens is 498 g/mol. The van der Waals surface area contributed by atoms with Crippen LogP contribution in [0.5, 0.6) is 0 Å². The van der Waals surface area contributed by atoms with Crippen LogP contribution in [0.4, 0.5) is 0 Å². The predicted octanol–water partition coefficient (Wildman–Crippen LogP) is 9.65. The van der Waals surface area contributed by atoms with Crippen molar-refractivity contribution in [2.45, 2.75) is 174 Å². The number of unbranched alkanes of at least 4 members (excludes halogenated alkanes) is 14. The summed E-state index contributed by atoms with van der Waals surface area (Å²) in [7, 11) is 4.09. The Hall–Kier alpha value is -1.10. The second-order valence-electron chi connectivity index (χ2n) is 12.9. The van der Waals surface area contributed by atoms with Crippen molar-refractivity contribution in [3.8, 4) is 0 Å². The lowest BCUT2D eigenvalue weighted by Gasteiger charge is -2.18. The first-order valence-corrected chi connectivity index (χ1v) is 17.5. The highest BCUT2D eigenvalue weighted by Crippen LogP contribution is 2.42. The Kier molecular flexibility index (Phi) is 23.6. The number of nitrogens with zero attached hydrogens (tertiary/aromatic N) is 1. The lowest BCUT2D eigenvalue weighted by atomic mass is 10.0. The van der Waals surface area contributed by atoms with Gasteiger partial charge in [0.15, 0.2) is 0 Å². The lowest BCUT2D eigenvalue weighted by Crippen LogP contribution is -2.20. The molecule has 0 radical (unpaired) electrons. The van der Waals surface area contributed by atoms with E-state index in [9.17, 15) is 9.59 Å². The maximum Gasteiger partial charge on any atom is 0.306 e. The fourth-order valence-electron chi connectivity index (χ4n) is 5.68. The van der Waals surface area contributed by atoms with Gasteiger partial charge in [0, 0.05) is 12.8 Å². The molecule has 0 aromatic heterocycles. The number of rotatable bonds is 29. The van der Waals surface area contributed by atoms with Crippen LogP contribution >= 0.6 is 0 Å². The van der Waals surface area contributed by atoms with E-state index in [1.54, 1.807) is 0 Å². The van der Waals surface area contributed by atoms with Gasteiger partial charge in [0.25, 0.3) is 0 Å². The third kappa shape index (κ3) is 22.6. The molecule has 5 nitrogen and oxygen atoms in total. The molecule has 0 aromatic carbocycles. The smallest absolute Gasteiger partial charge is 0.306 e.